The van der Waals surface area contributed by atoms with Gasteiger partial charge in [-0.2, -0.15) is 5.26 Å². The van der Waals surface area contributed by atoms with Crippen molar-refractivity contribution in [2.75, 3.05) is 7.11 Å². The lowest BCUT2D eigenvalue weighted by Crippen LogP contribution is -2.01. The standard InChI is InChI=1S/C12H10BrNO2/c1-16-11(15)9-4-2-8(3-5-9)10-6-12(10,13)7-14/h2-5,10H,6H2,1H3. The Morgan fingerprint density at radius 2 is 2.19 bits per heavy atom. The van der Waals surface area contributed by atoms with Gasteiger partial charge in [-0.05, 0) is 24.1 Å². The van der Waals surface area contributed by atoms with Crippen LogP contribution in [0, 0.1) is 11.3 Å². The number of carbonyl (C=O) groups is 1. The van der Waals surface area contributed by atoms with E-state index in [1.165, 1.54) is 7.11 Å². The Kier molecular flexibility index (Phi) is 2.73. The van der Waals surface area contributed by atoms with Crippen molar-refractivity contribution >= 4 is 21.9 Å². The van der Waals surface area contributed by atoms with E-state index in [4.69, 9.17) is 5.26 Å². The summed E-state index contributed by atoms with van der Waals surface area (Å²) in [5.74, 6) is -0.114. The molecule has 0 spiro atoms. The zero-order chi connectivity index (χ0) is 11.8. The molecule has 1 saturated carbocycles. The van der Waals surface area contributed by atoms with Crippen LogP contribution in [0.5, 0.6) is 0 Å². The lowest BCUT2D eigenvalue weighted by atomic mass is 10.1. The fourth-order valence-electron chi connectivity index (χ4n) is 1.71. The maximum atomic E-state index is 11.2. The molecule has 0 radical (unpaired) electrons. The fourth-order valence-corrected chi connectivity index (χ4v) is 2.30. The Labute approximate surface area is 102 Å². The Morgan fingerprint density at radius 3 is 2.62 bits per heavy atom. The van der Waals surface area contributed by atoms with E-state index in [1.54, 1.807) is 12.1 Å². The topological polar surface area (TPSA) is 50.1 Å². The quantitative estimate of drug-likeness (QED) is 0.618. The van der Waals surface area contributed by atoms with Crippen LogP contribution in [0.4, 0.5) is 0 Å². The summed E-state index contributed by atoms with van der Waals surface area (Å²) in [6.45, 7) is 0. The molecule has 2 atom stereocenters. The number of nitrogens with zero attached hydrogens (tertiary/aromatic N) is 1. The number of ether oxygens (including phenoxy) is 1. The second kappa shape index (κ2) is 3.91. The van der Waals surface area contributed by atoms with Crippen molar-refractivity contribution in [1.82, 2.24) is 0 Å². The number of methoxy groups -OCH3 is 1. The summed E-state index contributed by atoms with van der Waals surface area (Å²) < 4.78 is 4.21. The molecule has 1 aromatic carbocycles. The van der Waals surface area contributed by atoms with Gasteiger partial charge in [0.1, 0.15) is 4.32 Å². The first-order chi connectivity index (χ1) is 7.60. The Balaban J connectivity index is 2.16. The van der Waals surface area contributed by atoms with Crippen LogP contribution in [0.25, 0.3) is 0 Å². The number of nitriles is 1. The second-order valence-electron chi connectivity index (χ2n) is 3.84. The average molecular weight is 280 g/mol. The molecule has 0 bridgehead atoms. The number of benzene rings is 1. The predicted octanol–water partition coefficient (Wildman–Crippen LogP) is 2.62. The van der Waals surface area contributed by atoms with E-state index < -0.39 is 4.32 Å². The third kappa shape index (κ3) is 1.83. The normalized spacial score (nSPS) is 26.9. The van der Waals surface area contributed by atoms with E-state index in [2.05, 4.69) is 26.7 Å². The number of alkyl halides is 1. The van der Waals surface area contributed by atoms with Crippen molar-refractivity contribution in [2.45, 2.75) is 16.7 Å². The summed E-state index contributed by atoms with van der Waals surface area (Å²) in [6, 6.07) is 9.43. The lowest BCUT2D eigenvalue weighted by molar-refractivity contribution is 0.0600. The van der Waals surface area contributed by atoms with Crippen molar-refractivity contribution < 1.29 is 9.53 Å². The summed E-state index contributed by atoms with van der Waals surface area (Å²) in [4.78, 5) is 11.2. The van der Waals surface area contributed by atoms with Crippen LogP contribution in [-0.2, 0) is 4.74 Å². The number of halogens is 1. The fraction of sp³-hybridized carbons (Fsp3) is 0.333. The van der Waals surface area contributed by atoms with Gasteiger partial charge in [-0.15, -0.1) is 0 Å². The highest BCUT2D eigenvalue weighted by Crippen LogP contribution is 2.57. The molecule has 3 nitrogen and oxygen atoms in total. The summed E-state index contributed by atoms with van der Waals surface area (Å²) in [5.41, 5.74) is 1.61. The summed E-state index contributed by atoms with van der Waals surface area (Å²) in [7, 11) is 1.36. The van der Waals surface area contributed by atoms with Crippen molar-refractivity contribution in [1.29, 1.82) is 5.26 Å². The highest BCUT2D eigenvalue weighted by atomic mass is 79.9. The highest BCUT2D eigenvalue weighted by Gasteiger charge is 2.53. The van der Waals surface area contributed by atoms with Crippen LogP contribution in [-0.4, -0.2) is 17.4 Å². The molecular weight excluding hydrogens is 270 g/mol. The largest absolute Gasteiger partial charge is 0.465 e. The molecule has 0 aromatic heterocycles. The van der Waals surface area contributed by atoms with Crippen molar-refractivity contribution in [3.63, 3.8) is 0 Å². The molecule has 2 unspecified atom stereocenters. The van der Waals surface area contributed by atoms with E-state index in [0.717, 1.165) is 12.0 Å². The van der Waals surface area contributed by atoms with Gasteiger partial charge in [0.15, 0.2) is 0 Å². The van der Waals surface area contributed by atoms with Crippen LogP contribution in [0.3, 0.4) is 0 Å². The minimum atomic E-state index is -0.403. The Bertz CT molecular complexity index is 463. The molecule has 4 heteroatoms. The van der Waals surface area contributed by atoms with E-state index in [-0.39, 0.29) is 11.9 Å². The van der Waals surface area contributed by atoms with Gasteiger partial charge >= 0.3 is 5.97 Å². The minimum Gasteiger partial charge on any atom is -0.465 e. The first-order valence-electron chi connectivity index (χ1n) is 4.89. The molecule has 1 aromatic rings. The number of esters is 1. The van der Waals surface area contributed by atoms with Crippen molar-refractivity contribution in [3.05, 3.63) is 35.4 Å². The maximum Gasteiger partial charge on any atom is 0.337 e. The lowest BCUT2D eigenvalue weighted by Gasteiger charge is -2.02. The van der Waals surface area contributed by atoms with Crippen LogP contribution in [0.2, 0.25) is 0 Å². The first-order valence-corrected chi connectivity index (χ1v) is 5.68. The van der Waals surface area contributed by atoms with Crippen LogP contribution < -0.4 is 0 Å². The maximum absolute atomic E-state index is 11.2. The van der Waals surface area contributed by atoms with Gasteiger partial charge in [0.25, 0.3) is 0 Å². The molecule has 1 fully saturated rings. The molecule has 1 aliphatic rings. The third-order valence-corrected chi connectivity index (χ3v) is 3.87. The summed E-state index contributed by atoms with van der Waals surface area (Å²) >= 11 is 3.40. The molecule has 1 aliphatic carbocycles. The highest BCUT2D eigenvalue weighted by molar-refractivity contribution is 9.10. The van der Waals surface area contributed by atoms with Gasteiger partial charge in [-0.25, -0.2) is 4.79 Å². The van der Waals surface area contributed by atoms with Gasteiger partial charge < -0.3 is 4.74 Å². The van der Waals surface area contributed by atoms with Crippen LogP contribution in [0.1, 0.15) is 28.3 Å². The molecule has 0 amide bonds. The van der Waals surface area contributed by atoms with Gasteiger partial charge in [0.2, 0.25) is 0 Å². The molecular formula is C12H10BrNO2. The zero-order valence-electron chi connectivity index (χ0n) is 8.74. The van der Waals surface area contributed by atoms with Gasteiger partial charge in [0.05, 0.1) is 18.7 Å². The minimum absolute atomic E-state index is 0.226. The molecule has 82 valence electrons. The van der Waals surface area contributed by atoms with E-state index in [9.17, 15) is 4.79 Å². The Hall–Kier alpha value is -1.34. The molecule has 2 rings (SSSR count). The third-order valence-electron chi connectivity index (χ3n) is 2.81. The van der Waals surface area contributed by atoms with Gasteiger partial charge in [-0.3, -0.25) is 0 Å². The Morgan fingerprint density at radius 1 is 1.56 bits per heavy atom. The van der Waals surface area contributed by atoms with E-state index >= 15 is 0 Å². The van der Waals surface area contributed by atoms with Crippen LogP contribution in [0.15, 0.2) is 24.3 Å². The molecule has 0 N–H and O–H groups in total. The molecule has 16 heavy (non-hydrogen) atoms. The van der Waals surface area contributed by atoms with Gasteiger partial charge in [-0.1, -0.05) is 28.1 Å². The predicted molar refractivity (Wildman–Crippen MR) is 62.4 cm³/mol. The smallest absolute Gasteiger partial charge is 0.337 e. The molecule has 0 aliphatic heterocycles. The molecule has 0 heterocycles. The van der Waals surface area contributed by atoms with Crippen molar-refractivity contribution in [2.24, 2.45) is 0 Å². The monoisotopic (exact) mass is 279 g/mol. The summed E-state index contributed by atoms with van der Waals surface area (Å²) in [6.07, 6.45) is 0.821. The number of hydrogen-bond acceptors (Lipinski definition) is 3. The SMILES string of the molecule is COC(=O)c1ccc(C2CC2(Br)C#N)cc1. The average Bonchev–Trinajstić information content (AvgIpc) is 3.02. The number of rotatable bonds is 2. The molecule has 0 saturated heterocycles. The van der Waals surface area contributed by atoms with Gasteiger partial charge in [0, 0.05) is 5.92 Å². The van der Waals surface area contributed by atoms with Crippen molar-refractivity contribution in [3.8, 4) is 6.07 Å². The van der Waals surface area contributed by atoms with E-state index in [1.807, 2.05) is 12.1 Å². The number of hydrogen-bond donors (Lipinski definition) is 0. The first kappa shape index (κ1) is 11.2. The zero-order valence-corrected chi connectivity index (χ0v) is 10.3. The second-order valence-corrected chi connectivity index (χ2v) is 5.26. The summed E-state index contributed by atoms with van der Waals surface area (Å²) in [5, 5.41) is 8.91. The van der Waals surface area contributed by atoms with Crippen LogP contribution >= 0.6 is 15.9 Å². The number of carbonyl (C=O) groups excluding carboxylic acids is 1. The van der Waals surface area contributed by atoms with E-state index in [0.29, 0.717) is 5.56 Å².